The summed E-state index contributed by atoms with van der Waals surface area (Å²) in [5.74, 6) is -0.664. The molecule has 0 saturated carbocycles. The maximum Gasteiger partial charge on any atom is 0.303 e. The summed E-state index contributed by atoms with van der Waals surface area (Å²) in [5.41, 5.74) is 0. The Morgan fingerprint density at radius 3 is 1.67 bits per heavy atom. The van der Waals surface area contributed by atoms with Gasteiger partial charge in [-0.3, -0.25) is 4.79 Å². The predicted molar refractivity (Wildman–Crippen MR) is 92.8 cm³/mol. The van der Waals surface area contributed by atoms with Crippen molar-refractivity contribution in [3.63, 3.8) is 0 Å². The number of hydrogen-bond acceptors (Lipinski definition) is 1. The Hall–Kier alpha value is 1.02. The van der Waals surface area contributed by atoms with Gasteiger partial charge >= 0.3 is 5.97 Å². The largest absolute Gasteiger partial charge is 0.481 e. The number of carboxylic acids is 1. The molecule has 0 spiro atoms. The fraction of sp³-hybridized carbons (Fsp3) is 0.833. The molecule has 1 radical (unpaired) electrons. The van der Waals surface area contributed by atoms with Gasteiger partial charge in [0.05, 0.1) is 0 Å². The first-order valence-corrected chi connectivity index (χ1v) is 8.64. The van der Waals surface area contributed by atoms with Gasteiger partial charge in [-0.2, -0.15) is 0 Å². The number of hydrogen-bond donors (Lipinski definition) is 1. The monoisotopic (exact) mass is 367 g/mol. The van der Waals surface area contributed by atoms with Gasteiger partial charge in [-0.1, -0.05) is 70.4 Å². The number of aliphatic carboxylic acids is 1. The Kier molecular flexibility index (Phi) is 24.3. The molecular weight excluding hydrogens is 334 g/mol. The predicted octanol–water partition coefficient (Wildman–Crippen LogP) is 5.73. The van der Waals surface area contributed by atoms with E-state index in [4.69, 9.17) is 5.11 Å². The van der Waals surface area contributed by atoms with Crippen LogP contribution in [0.3, 0.4) is 0 Å². The van der Waals surface area contributed by atoms with E-state index in [9.17, 15) is 4.79 Å². The summed E-state index contributed by atoms with van der Waals surface area (Å²) in [4.78, 5) is 10.3. The second-order valence-corrected chi connectivity index (χ2v) is 5.73. The molecule has 0 saturated heterocycles. The van der Waals surface area contributed by atoms with Crippen LogP contribution in [0.5, 0.6) is 0 Å². The minimum absolute atomic E-state index is 0. The quantitative estimate of drug-likeness (QED) is 0.296. The number of unbranched alkanes of at least 4 members (excludes halogenated alkanes) is 11. The molecule has 0 aliphatic carbocycles. The van der Waals surface area contributed by atoms with Crippen molar-refractivity contribution in [3.05, 3.63) is 12.2 Å². The van der Waals surface area contributed by atoms with E-state index in [1.165, 1.54) is 70.6 Å². The summed E-state index contributed by atoms with van der Waals surface area (Å²) in [6.45, 7) is 2.26. The van der Waals surface area contributed by atoms with Crippen LogP contribution in [0.4, 0.5) is 0 Å². The molecule has 0 heterocycles. The van der Waals surface area contributed by atoms with Crippen molar-refractivity contribution < 1.29 is 9.90 Å². The van der Waals surface area contributed by atoms with E-state index in [1.54, 1.807) is 0 Å². The van der Waals surface area contributed by atoms with Crippen LogP contribution >= 0.6 is 0 Å². The Labute approximate surface area is 181 Å². The van der Waals surface area contributed by atoms with Crippen molar-refractivity contribution >= 4 is 64.2 Å². The summed E-state index contributed by atoms with van der Waals surface area (Å²) >= 11 is 0. The molecule has 0 fully saturated rings. The maximum absolute atomic E-state index is 10.3. The van der Waals surface area contributed by atoms with Crippen LogP contribution in [-0.2, 0) is 4.79 Å². The van der Waals surface area contributed by atoms with E-state index in [1.807, 2.05) is 0 Å². The second kappa shape index (κ2) is 21.0. The summed E-state index contributed by atoms with van der Waals surface area (Å²) in [5, 5.41) is 8.51. The second-order valence-electron chi connectivity index (χ2n) is 5.73. The SMILES string of the molecule is CCCCCCCCC=CCCCCCCCC(=O)O.[Rb]. The first kappa shape index (κ1) is 24.3. The zero-order valence-electron chi connectivity index (χ0n) is 14.4. The van der Waals surface area contributed by atoms with Gasteiger partial charge < -0.3 is 5.11 Å². The van der Waals surface area contributed by atoms with E-state index >= 15 is 0 Å². The van der Waals surface area contributed by atoms with Gasteiger partial charge in [0, 0.05) is 64.6 Å². The molecule has 0 aromatic carbocycles. The molecule has 3 heteroatoms. The summed E-state index contributed by atoms with van der Waals surface area (Å²) in [6.07, 6.45) is 21.2. The third-order valence-electron chi connectivity index (χ3n) is 3.65. The normalized spacial score (nSPS) is 10.7. The van der Waals surface area contributed by atoms with Crippen molar-refractivity contribution in [2.45, 2.75) is 96.8 Å². The fourth-order valence-corrected chi connectivity index (χ4v) is 2.35. The molecule has 2 nitrogen and oxygen atoms in total. The molecule has 0 unspecified atom stereocenters. The molecule has 0 amide bonds. The fourth-order valence-electron chi connectivity index (χ4n) is 2.35. The third kappa shape index (κ3) is 23.4. The first-order valence-electron chi connectivity index (χ1n) is 8.64. The Morgan fingerprint density at radius 2 is 1.19 bits per heavy atom. The molecule has 0 bridgehead atoms. The minimum Gasteiger partial charge on any atom is -0.481 e. The molecular formula is C18H34O2Rb. The standard InChI is InChI=1S/C18H34O2.Rb/c1-2-3-4-5-6-7-8-9-10-11-12-13-14-15-16-17-18(19)20;/h9-10H,2-8,11-17H2,1H3,(H,19,20);. The molecule has 0 aliphatic heterocycles. The van der Waals surface area contributed by atoms with Crippen LogP contribution in [0.25, 0.3) is 0 Å². The van der Waals surface area contributed by atoms with Crippen LogP contribution < -0.4 is 0 Å². The number of carboxylic acid groups (broad SMARTS) is 1. The third-order valence-corrected chi connectivity index (χ3v) is 3.65. The van der Waals surface area contributed by atoms with Crippen molar-refractivity contribution in [2.75, 3.05) is 0 Å². The van der Waals surface area contributed by atoms with Crippen molar-refractivity contribution in [3.8, 4) is 0 Å². The average molecular weight is 368 g/mol. The van der Waals surface area contributed by atoms with Gasteiger partial charge in [-0.25, -0.2) is 0 Å². The van der Waals surface area contributed by atoms with Gasteiger partial charge in [0.15, 0.2) is 0 Å². The molecule has 21 heavy (non-hydrogen) atoms. The minimum atomic E-state index is -0.664. The molecule has 1 N–H and O–H groups in total. The molecule has 0 aliphatic rings. The maximum atomic E-state index is 10.3. The Balaban J connectivity index is 0. The van der Waals surface area contributed by atoms with Crippen LogP contribution in [0.1, 0.15) is 96.8 Å². The Morgan fingerprint density at radius 1 is 0.762 bits per heavy atom. The summed E-state index contributed by atoms with van der Waals surface area (Å²) in [7, 11) is 0. The molecule has 119 valence electrons. The first-order chi connectivity index (χ1) is 9.77. The van der Waals surface area contributed by atoms with Crippen molar-refractivity contribution in [2.24, 2.45) is 0 Å². The average Bonchev–Trinajstić information content (AvgIpc) is 2.43. The van der Waals surface area contributed by atoms with Crippen LogP contribution in [0.2, 0.25) is 0 Å². The number of allylic oxidation sites excluding steroid dienone is 2. The molecule has 0 rings (SSSR count). The van der Waals surface area contributed by atoms with E-state index in [-0.39, 0.29) is 58.2 Å². The van der Waals surface area contributed by atoms with Gasteiger partial charge in [-0.15, -0.1) is 0 Å². The zero-order valence-corrected chi connectivity index (χ0v) is 19.3. The molecule has 0 atom stereocenters. The number of carbonyl (C=O) groups is 1. The van der Waals surface area contributed by atoms with Crippen LogP contribution in [0.15, 0.2) is 12.2 Å². The summed E-state index contributed by atoms with van der Waals surface area (Å²) in [6, 6.07) is 0. The van der Waals surface area contributed by atoms with E-state index < -0.39 is 5.97 Å². The Bertz CT molecular complexity index is 239. The van der Waals surface area contributed by atoms with Crippen LogP contribution in [-0.4, -0.2) is 69.3 Å². The van der Waals surface area contributed by atoms with Gasteiger partial charge in [0.2, 0.25) is 0 Å². The topological polar surface area (TPSA) is 37.3 Å². The van der Waals surface area contributed by atoms with E-state index in [0.717, 1.165) is 12.8 Å². The van der Waals surface area contributed by atoms with Crippen LogP contribution in [0, 0.1) is 0 Å². The molecule has 0 aromatic heterocycles. The van der Waals surface area contributed by atoms with Crippen molar-refractivity contribution in [1.29, 1.82) is 0 Å². The van der Waals surface area contributed by atoms with Gasteiger partial charge in [-0.05, 0) is 32.1 Å². The molecule has 0 aromatic rings. The smallest absolute Gasteiger partial charge is 0.303 e. The number of rotatable bonds is 15. The van der Waals surface area contributed by atoms with E-state index in [2.05, 4.69) is 19.1 Å². The van der Waals surface area contributed by atoms with Crippen molar-refractivity contribution in [1.82, 2.24) is 0 Å². The summed E-state index contributed by atoms with van der Waals surface area (Å²) < 4.78 is 0. The van der Waals surface area contributed by atoms with E-state index in [0.29, 0.717) is 6.42 Å². The van der Waals surface area contributed by atoms with Gasteiger partial charge in [0.25, 0.3) is 0 Å². The zero-order chi connectivity index (χ0) is 14.9. The van der Waals surface area contributed by atoms with Gasteiger partial charge in [0.1, 0.15) is 0 Å².